The van der Waals surface area contributed by atoms with Gasteiger partial charge in [-0.3, -0.25) is 0 Å². The van der Waals surface area contributed by atoms with E-state index in [1.54, 1.807) is 20.8 Å². The zero-order valence-corrected chi connectivity index (χ0v) is 29.3. The van der Waals surface area contributed by atoms with Crippen LogP contribution in [0.4, 0.5) is 0 Å². The Labute approximate surface area is 262 Å². The molecule has 0 aliphatic heterocycles. The van der Waals surface area contributed by atoms with Crippen LogP contribution in [0, 0.1) is 57.5 Å². The number of carbonyl (C=O) groups excluding carboxylic acids is 3. The molecular weight excluding hydrogens is 597 g/mol. The van der Waals surface area contributed by atoms with Gasteiger partial charge in [0.2, 0.25) is 0 Å². The first-order valence-electron chi connectivity index (χ1n) is 14.3. The van der Waals surface area contributed by atoms with E-state index in [-0.39, 0.29) is 41.3 Å². The van der Waals surface area contributed by atoms with Gasteiger partial charge in [0.1, 0.15) is 0 Å². The largest absolute Gasteiger partial charge is 3.00 e. The first kappa shape index (κ1) is 43.8. The molecule has 7 heteroatoms. The third kappa shape index (κ3) is 20.4. The van der Waals surface area contributed by atoms with Crippen LogP contribution in [0.3, 0.4) is 0 Å². The van der Waals surface area contributed by atoms with Crippen molar-refractivity contribution in [2.75, 3.05) is 0 Å². The van der Waals surface area contributed by atoms with E-state index in [9.17, 15) is 29.7 Å². The SMILES string of the molecule is CCCCC(C)(CCC)C(=O)[O-].CCCCC(C)(CCC)C(=O)[O-].CCCCCC(C)(CC)C(=O)[O-].[Pr+3]. The van der Waals surface area contributed by atoms with Crippen molar-refractivity contribution in [1.82, 2.24) is 0 Å². The van der Waals surface area contributed by atoms with Gasteiger partial charge in [-0.1, -0.05) is 120 Å². The smallest absolute Gasteiger partial charge is 0.550 e. The van der Waals surface area contributed by atoms with Gasteiger partial charge in [0.05, 0.1) is 0 Å². The van der Waals surface area contributed by atoms with Crippen LogP contribution < -0.4 is 15.3 Å². The third-order valence-corrected chi connectivity index (χ3v) is 7.36. The Balaban J connectivity index is -0.000000218. The van der Waals surface area contributed by atoms with E-state index >= 15 is 0 Å². The monoisotopic (exact) mass is 654 g/mol. The second kappa shape index (κ2) is 24.8. The van der Waals surface area contributed by atoms with Crippen LogP contribution in [0.5, 0.6) is 0 Å². The molecule has 0 radical (unpaired) electrons. The standard InChI is InChI=1S/3C10H20O2.Pr/c1-4-6-7-8-10(3,5-2)9(11)12;2*1-4-6-8-10(3,7-5-2)9(11)12;/h3*4-8H2,1-3H3,(H,11,12);/q;;;+3/p-3. The molecule has 0 aliphatic rings. The number of carboxylic acids is 3. The van der Waals surface area contributed by atoms with Crippen LogP contribution in [-0.2, 0) is 14.4 Å². The molecule has 3 unspecified atom stereocenters. The fraction of sp³-hybridized carbons (Fsp3) is 0.900. The summed E-state index contributed by atoms with van der Waals surface area (Å²) in [5, 5.41) is 32.3. The summed E-state index contributed by atoms with van der Waals surface area (Å²) in [6, 6.07) is 0. The van der Waals surface area contributed by atoms with Crippen molar-refractivity contribution in [2.45, 2.75) is 159 Å². The topological polar surface area (TPSA) is 120 Å². The van der Waals surface area contributed by atoms with Crippen LogP contribution in [0.2, 0.25) is 0 Å². The molecule has 0 heterocycles. The van der Waals surface area contributed by atoms with Crippen LogP contribution in [0.15, 0.2) is 0 Å². The Hall–Kier alpha value is -0.226. The van der Waals surface area contributed by atoms with E-state index < -0.39 is 34.2 Å². The zero-order valence-electron chi connectivity index (χ0n) is 25.6. The number of unbranched alkanes of at least 4 members (excludes halogenated alkanes) is 4. The van der Waals surface area contributed by atoms with Gasteiger partial charge >= 0.3 is 41.3 Å². The number of hydrogen-bond acceptors (Lipinski definition) is 6. The van der Waals surface area contributed by atoms with Crippen molar-refractivity contribution in [1.29, 1.82) is 0 Å². The number of carbonyl (C=O) groups is 3. The first-order chi connectivity index (χ1) is 16.7. The predicted octanol–water partition coefficient (Wildman–Crippen LogP) is 5.20. The van der Waals surface area contributed by atoms with Crippen molar-refractivity contribution >= 4 is 17.9 Å². The van der Waals surface area contributed by atoms with Gasteiger partial charge in [-0.25, -0.2) is 0 Å². The fourth-order valence-corrected chi connectivity index (χ4v) is 4.08. The molecule has 0 aromatic rings. The van der Waals surface area contributed by atoms with E-state index in [2.05, 4.69) is 20.8 Å². The summed E-state index contributed by atoms with van der Waals surface area (Å²) >= 11 is 0. The quantitative estimate of drug-likeness (QED) is 0.188. The van der Waals surface area contributed by atoms with Crippen LogP contribution >= 0.6 is 0 Å². The Morgan fingerprint density at radius 2 is 0.757 bits per heavy atom. The number of rotatable bonds is 18. The zero-order chi connectivity index (χ0) is 28.8. The van der Waals surface area contributed by atoms with Gasteiger partial charge in [0.25, 0.3) is 0 Å². The average Bonchev–Trinajstić information content (AvgIpc) is 2.82. The van der Waals surface area contributed by atoms with Crippen molar-refractivity contribution in [3.8, 4) is 0 Å². The van der Waals surface area contributed by atoms with E-state index in [4.69, 9.17) is 0 Å². The summed E-state index contributed by atoms with van der Waals surface area (Å²) < 4.78 is 0. The molecule has 0 rings (SSSR count). The summed E-state index contributed by atoms with van der Waals surface area (Å²) in [5.41, 5.74) is -1.79. The van der Waals surface area contributed by atoms with Gasteiger partial charge in [-0.05, 0) is 38.5 Å². The van der Waals surface area contributed by atoms with E-state index in [0.717, 1.165) is 89.9 Å². The van der Waals surface area contributed by atoms with Crippen LogP contribution in [0.1, 0.15) is 159 Å². The molecule has 0 bridgehead atoms. The molecule has 37 heavy (non-hydrogen) atoms. The molecule has 3 atom stereocenters. The third-order valence-electron chi connectivity index (χ3n) is 7.36. The number of carboxylic acid groups (broad SMARTS) is 3. The molecular formula is C30H57O6Pr. The van der Waals surface area contributed by atoms with Crippen LogP contribution in [-0.4, -0.2) is 17.9 Å². The van der Waals surface area contributed by atoms with Crippen molar-refractivity contribution in [3.05, 3.63) is 0 Å². The second-order valence-electron chi connectivity index (χ2n) is 11.1. The maximum absolute atomic E-state index is 10.8. The molecule has 0 aromatic carbocycles. The maximum Gasteiger partial charge on any atom is 3.00 e. The molecule has 0 amide bonds. The first-order valence-corrected chi connectivity index (χ1v) is 14.3. The summed E-state index contributed by atoms with van der Waals surface area (Å²) in [4.78, 5) is 32.3. The summed E-state index contributed by atoms with van der Waals surface area (Å²) in [7, 11) is 0. The minimum Gasteiger partial charge on any atom is -0.550 e. The Morgan fingerprint density at radius 3 is 0.973 bits per heavy atom. The van der Waals surface area contributed by atoms with E-state index in [1.165, 1.54) is 0 Å². The number of hydrogen-bond donors (Lipinski definition) is 0. The fourth-order valence-electron chi connectivity index (χ4n) is 4.08. The van der Waals surface area contributed by atoms with Crippen molar-refractivity contribution < 1.29 is 71.0 Å². The molecule has 0 aliphatic carbocycles. The van der Waals surface area contributed by atoms with Crippen molar-refractivity contribution in [2.24, 2.45) is 16.2 Å². The van der Waals surface area contributed by atoms with Gasteiger partial charge in [-0.2, -0.15) is 0 Å². The summed E-state index contributed by atoms with van der Waals surface area (Å²) in [6.07, 6.45) is 13.5. The average molecular weight is 655 g/mol. The molecule has 0 saturated heterocycles. The summed E-state index contributed by atoms with van der Waals surface area (Å²) in [5.74, 6) is -2.68. The van der Waals surface area contributed by atoms with Gasteiger partial charge in [0, 0.05) is 34.2 Å². The minimum atomic E-state index is -0.902. The maximum atomic E-state index is 10.8. The van der Waals surface area contributed by atoms with Crippen LogP contribution in [0.25, 0.3) is 0 Å². The molecule has 0 spiro atoms. The predicted molar refractivity (Wildman–Crippen MR) is 143 cm³/mol. The Bertz CT molecular complexity index is 563. The van der Waals surface area contributed by atoms with Gasteiger partial charge in [-0.15, -0.1) is 0 Å². The van der Waals surface area contributed by atoms with E-state index in [0.29, 0.717) is 6.42 Å². The molecule has 0 fully saturated rings. The Morgan fingerprint density at radius 1 is 0.459 bits per heavy atom. The molecule has 6 nitrogen and oxygen atoms in total. The molecule has 216 valence electrons. The second-order valence-corrected chi connectivity index (χ2v) is 11.1. The molecule has 0 saturated carbocycles. The minimum absolute atomic E-state index is 0. The van der Waals surface area contributed by atoms with Gasteiger partial charge in [0.15, 0.2) is 0 Å². The van der Waals surface area contributed by atoms with Crippen molar-refractivity contribution in [3.63, 3.8) is 0 Å². The molecule has 0 N–H and O–H groups in total. The molecule has 0 aromatic heterocycles. The van der Waals surface area contributed by atoms with Gasteiger partial charge < -0.3 is 29.7 Å². The van der Waals surface area contributed by atoms with E-state index in [1.807, 2.05) is 20.8 Å². The number of aliphatic carboxylic acids is 3. The normalized spacial score (nSPS) is 15.2. The Kier molecular flexibility index (Phi) is 29.4. The summed E-state index contributed by atoms with van der Waals surface area (Å²) in [6.45, 7) is 17.5.